The van der Waals surface area contributed by atoms with Crippen molar-refractivity contribution in [3.8, 4) is 17.4 Å². The van der Waals surface area contributed by atoms with Crippen LogP contribution in [-0.4, -0.2) is 28.0 Å². The second-order valence-electron chi connectivity index (χ2n) is 4.61. The van der Waals surface area contributed by atoms with Crippen LogP contribution in [-0.2, 0) is 18.2 Å². The summed E-state index contributed by atoms with van der Waals surface area (Å²) < 4.78 is 12.5. The third-order valence-electron chi connectivity index (χ3n) is 3.09. The molecule has 2 aromatic rings. The van der Waals surface area contributed by atoms with E-state index in [0.29, 0.717) is 18.4 Å². The molecule has 0 radical (unpaired) electrons. The Bertz CT molecular complexity index is 620. The van der Waals surface area contributed by atoms with Crippen LogP contribution in [0.1, 0.15) is 19.4 Å². The maximum atomic E-state index is 5.51. The van der Waals surface area contributed by atoms with Crippen molar-refractivity contribution in [1.29, 1.82) is 0 Å². The van der Waals surface area contributed by atoms with Crippen molar-refractivity contribution in [3.05, 3.63) is 42.2 Å². The van der Waals surface area contributed by atoms with Gasteiger partial charge in [0.2, 0.25) is 0 Å². The second kappa shape index (κ2) is 6.92. The number of aromatic nitrogens is 3. The second-order valence-corrected chi connectivity index (χ2v) is 4.61. The van der Waals surface area contributed by atoms with Crippen LogP contribution in [0.15, 0.2) is 36.6 Å². The van der Waals surface area contributed by atoms with Crippen LogP contribution >= 0.6 is 0 Å². The molecule has 2 rings (SSSR count). The lowest BCUT2D eigenvalue weighted by Crippen LogP contribution is -2.04. The molecule has 21 heavy (non-hydrogen) atoms. The minimum Gasteiger partial charge on any atom is -0.495 e. The summed E-state index contributed by atoms with van der Waals surface area (Å²) in [7, 11) is 1.86. The zero-order chi connectivity index (χ0) is 15.2. The van der Waals surface area contributed by atoms with Gasteiger partial charge in [-0.3, -0.25) is 0 Å². The molecule has 112 valence electrons. The molecular formula is C16H21N3O2. The van der Waals surface area contributed by atoms with Gasteiger partial charge in [0.05, 0.1) is 6.61 Å². The number of ether oxygens (including phenoxy) is 2. The van der Waals surface area contributed by atoms with Crippen LogP contribution in [0.5, 0.6) is 6.01 Å². The highest BCUT2D eigenvalue weighted by Gasteiger charge is 2.13. The van der Waals surface area contributed by atoms with E-state index in [-0.39, 0.29) is 6.61 Å². The molecule has 1 aromatic carbocycles. The fourth-order valence-corrected chi connectivity index (χ4v) is 2.09. The van der Waals surface area contributed by atoms with E-state index < -0.39 is 0 Å². The lowest BCUT2D eigenvalue weighted by Gasteiger charge is -2.06. The van der Waals surface area contributed by atoms with Gasteiger partial charge in [0, 0.05) is 12.6 Å². The van der Waals surface area contributed by atoms with E-state index in [2.05, 4.69) is 29.7 Å². The van der Waals surface area contributed by atoms with Gasteiger partial charge in [-0.2, -0.15) is 4.98 Å². The van der Waals surface area contributed by atoms with Crippen LogP contribution in [0.3, 0.4) is 0 Å². The van der Waals surface area contributed by atoms with Crippen molar-refractivity contribution in [1.82, 2.24) is 14.8 Å². The molecule has 0 bridgehead atoms. The van der Waals surface area contributed by atoms with Crippen LogP contribution < -0.4 is 4.74 Å². The molecule has 0 saturated carbocycles. The first-order valence-corrected chi connectivity index (χ1v) is 7.08. The summed E-state index contributed by atoms with van der Waals surface area (Å²) in [5, 5.41) is 4.28. The maximum Gasteiger partial charge on any atom is 0.336 e. The van der Waals surface area contributed by atoms with Crippen molar-refractivity contribution in [2.75, 3.05) is 13.2 Å². The summed E-state index contributed by atoms with van der Waals surface area (Å²) >= 11 is 0. The Morgan fingerprint density at radius 2 is 2.05 bits per heavy atom. The summed E-state index contributed by atoms with van der Waals surface area (Å²) in [6, 6.07) is 8.51. The van der Waals surface area contributed by atoms with Gasteiger partial charge < -0.3 is 9.47 Å². The monoisotopic (exact) mass is 287 g/mol. The average Bonchev–Trinajstić information content (AvgIpc) is 2.86. The first-order chi connectivity index (χ1) is 10.2. The standard InChI is InChI=1S/C16H21N3O2/c1-5-13-9-7-8-10-14(13)15-17-16(18-19(15)4)21-11-12(3)20-6-2/h7-10H,3,5-6,11H2,1-2,4H3. The Hall–Kier alpha value is -2.30. The van der Waals surface area contributed by atoms with Crippen LogP contribution in [0.25, 0.3) is 11.4 Å². The first-order valence-electron chi connectivity index (χ1n) is 7.08. The summed E-state index contributed by atoms with van der Waals surface area (Å²) in [5.41, 5.74) is 2.31. The smallest absolute Gasteiger partial charge is 0.336 e. The quantitative estimate of drug-likeness (QED) is 0.735. The highest BCUT2D eigenvalue weighted by molar-refractivity contribution is 5.60. The van der Waals surface area contributed by atoms with Crippen molar-refractivity contribution in [2.45, 2.75) is 20.3 Å². The van der Waals surface area contributed by atoms with Crippen molar-refractivity contribution in [2.24, 2.45) is 7.05 Å². The Morgan fingerprint density at radius 1 is 1.29 bits per heavy atom. The molecule has 5 heteroatoms. The minimum atomic E-state index is 0.257. The number of benzene rings is 1. The topological polar surface area (TPSA) is 49.2 Å². The Kier molecular flexibility index (Phi) is 4.98. The molecule has 0 aliphatic rings. The van der Waals surface area contributed by atoms with Crippen LogP contribution in [0.2, 0.25) is 0 Å². The van der Waals surface area contributed by atoms with E-state index in [1.807, 2.05) is 32.2 Å². The van der Waals surface area contributed by atoms with E-state index in [1.165, 1.54) is 5.56 Å². The van der Waals surface area contributed by atoms with Crippen molar-refractivity contribution < 1.29 is 9.47 Å². The maximum absolute atomic E-state index is 5.51. The Labute approximate surface area is 125 Å². The van der Waals surface area contributed by atoms with E-state index in [4.69, 9.17) is 9.47 Å². The van der Waals surface area contributed by atoms with Crippen LogP contribution in [0.4, 0.5) is 0 Å². The highest BCUT2D eigenvalue weighted by atomic mass is 16.5. The minimum absolute atomic E-state index is 0.257. The van der Waals surface area contributed by atoms with Gasteiger partial charge in [-0.15, -0.1) is 5.10 Å². The molecule has 0 atom stereocenters. The molecule has 0 fully saturated rings. The molecule has 0 aliphatic heterocycles. The number of nitrogens with zero attached hydrogens (tertiary/aromatic N) is 3. The lowest BCUT2D eigenvalue weighted by molar-refractivity contribution is 0.176. The molecule has 0 spiro atoms. The molecule has 0 saturated heterocycles. The number of aryl methyl sites for hydroxylation is 2. The predicted molar refractivity (Wildman–Crippen MR) is 82.1 cm³/mol. The summed E-state index contributed by atoms with van der Waals surface area (Å²) in [5.74, 6) is 1.37. The predicted octanol–water partition coefficient (Wildman–Crippen LogP) is 2.97. The summed E-state index contributed by atoms with van der Waals surface area (Å²) in [4.78, 5) is 4.45. The number of hydrogen-bond acceptors (Lipinski definition) is 4. The van der Waals surface area contributed by atoms with Gasteiger partial charge in [0.15, 0.2) is 5.82 Å². The largest absolute Gasteiger partial charge is 0.495 e. The fraction of sp³-hybridized carbons (Fsp3) is 0.375. The Balaban J connectivity index is 2.17. The molecule has 1 aromatic heterocycles. The fourth-order valence-electron chi connectivity index (χ4n) is 2.09. The van der Waals surface area contributed by atoms with E-state index in [9.17, 15) is 0 Å². The van der Waals surface area contributed by atoms with Gasteiger partial charge in [0.25, 0.3) is 0 Å². The highest BCUT2D eigenvalue weighted by Crippen LogP contribution is 2.23. The van der Waals surface area contributed by atoms with E-state index >= 15 is 0 Å². The van der Waals surface area contributed by atoms with Crippen molar-refractivity contribution in [3.63, 3.8) is 0 Å². The van der Waals surface area contributed by atoms with E-state index in [1.54, 1.807) is 4.68 Å². The Morgan fingerprint density at radius 3 is 2.76 bits per heavy atom. The normalized spacial score (nSPS) is 10.4. The van der Waals surface area contributed by atoms with E-state index in [0.717, 1.165) is 17.8 Å². The van der Waals surface area contributed by atoms with Crippen LogP contribution in [0, 0.1) is 0 Å². The first kappa shape index (κ1) is 15.1. The van der Waals surface area contributed by atoms with Gasteiger partial charge in [0.1, 0.15) is 12.4 Å². The molecule has 1 heterocycles. The molecule has 0 aliphatic carbocycles. The third kappa shape index (κ3) is 3.62. The SMILES string of the molecule is C=C(COc1nc(-c2ccccc2CC)n(C)n1)OCC. The zero-order valence-corrected chi connectivity index (χ0v) is 12.8. The van der Waals surface area contributed by atoms with Gasteiger partial charge in [-0.1, -0.05) is 37.8 Å². The van der Waals surface area contributed by atoms with Crippen molar-refractivity contribution >= 4 is 0 Å². The molecular weight excluding hydrogens is 266 g/mol. The molecule has 0 unspecified atom stereocenters. The number of rotatable bonds is 7. The molecule has 5 nitrogen and oxygen atoms in total. The van der Waals surface area contributed by atoms with Gasteiger partial charge in [-0.25, -0.2) is 4.68 Å². The zero-order valence-electron chi connectivity index (χ0n) is 12.8. The molecule has 0 N–H and O–H groups in total. The summed E-state index contributed by atoms with van der Waals surface area (Å²) in [6.07, 6.45) is 0.945. The van der Waals surface area contributed by atoms with Gasteiger partial charge >= 0.3 is 6.01 Å². The number of hydrogen-bond donors (Lipinski definition) is 0. The summed E-state index contributed by atoms with van der Waals surface area (Å²) in [6.45, 7) is 8.63. The third-order valence-corrected chi connectivity index (χ3v) is 3.09. The van der Waals surface area contributed by atoms with Gasteiger partial charge in [-0.05, 0) is 18.9 Å². The lowest BCUT2D eigenvalue weighted by atomic mass is 10.1. The average molecular weight is 287 g/mol. The molecule has 0 amide bonds.